The van der Waals surface area contributed by atoms with E-state index in [0.29, 0.717) is 6.04 Å². The molecule has 2 N–H and O–H groups in total. The molecular formula is C16H25ClN2S. The van der Waals surface area contributed by atoms with Crippen molar-refractivity contribution in [2.75, 3.05) is 6.54 Å². The summed E-state index contributed by atoms with van der Waals surface area (Å²) in [7, 11) is 0. The van der Waals surface area contributed by atoms with Crippen LogP contribution >= 0.6 is 22.9 Å². The van der Waals surface area contributed by atoms with Gasteiger partial charge in [0.05, 0.1) is 10.4 Å². The number of likely N-dealkylation sites (tertiary alicyclic amines) is 1. The molecule has 2 aliphatic rings. The van der Waals surface area contributed by atoms with Crippen LogP contribution in [0.25, 0.3) is 0 Å². The van der Waals surface area contributed by atoms with Crippen LogP contribution in [0.1, 0.15) is 56.4 Å². The number of halogens is 1. The van der Waals surface area contributed by atoms with Crippen LogP contribution in [0.2, 0.25) is 4.34 Å². The van der Waals surface area contributed by atoms with Crippen molar-refractivity contribution < 1.29 is 0 Å². The smallest absolute Gasteiger partial charge is 0.0931 e. The highest BCUT2D eigenvalue weighted by molar-refractivity contribution is 7.16. The number of hydrogen-bond donors (Lipinski definition) is 1. The van der Waals surface area contributed by atoms with Gasteiger partial charge in [0.25, 0.3) is 0 Å². The second-order valence-corrected chi connectivity index (χ2v) is 8.04. The van der Waals surface area contributed by atoms with Crippen LogP contribution in [0.4, 0.5) is 0 Å². The van der Waals surface area contributed by atoms with Crippen LogP contribution in [0.3, 0.4) is 0 Å². The molecule has 2 fully saturated rings. The van der Waals surface area contributed by atoms with Gasteiger partial charge < -0.3 is 5.73 Å². The lowest BCUT2D eigenvalue weighted by atomic mass is 9.84. The van der Waals surface area contributed by atoms with Crippen LogP contribution in [0, 0.1) is 5.92 Å². The first-order valence-electron chi connectivity index (χ1n) is 7.97. The zero-order chi connectivity index (χ0) is 14.1. The summed E-state index contributed by atoms with van der Waals surface area (Å²) in [4.78, 5) is 4.07. The average Bonchev–Trinajstić information content (AvgIpc) is 3.07. The molecule has 2 nitrogen and oxygen atoms in total. The van der Waals surface area contributed by atoms with Crippen molar-refractivity contribution in [1.82, 2.24) is 4.90 Å². The second-order valence-electron chi connectivity index (χ2n) is 6.30. The van der Waals surface area contributed by atoms with Gasteiger partial charge in [-0.15, -0.1) is 11.3 Å². The molecule has 112 valence electrons. The largest absolute Gasteiger partial charge is 0.326 e. The summed E-state index contributed by atoms with van der Waals surface area (Å²) >= 11 is 7.87. The van der Waals surface area contributed by atoms with Gasteiger partial charge in [-0.25, -0.2) is 0 Å². The number of hydrogen-bond acceptors (Lipinski definition) is 3. The Morgan fingerprint density at radius 3 is 2.85 bits per heavy atom. The fourth-order valence-corrected chi connectivity index (χ4v) is 5.38. The summed E-state index contributed by atoms with van der Waals surface area (Å²) in [5.74, 6) is 0.908. The number of nitrogens with zero attached hydrogens (tertiary/aromatic N) is 1. The van der Waals surface area contributed by atoms with Crippen molar-refractivity contribution in [2.45, 2.75) is 63.6 Å². The minimum absolute atomic E-state index is 0.213. The highest BCUT2D eigenvalue weighted by Crippen LogP contribution is 2.43. The predicted octanol–water partition coefficient (Wildman–Crippen LogP) is 4.44. The van der Waals surface area contributed by atoms with E-state index in [2.05, 4.69) is 17.9 Å². The van der Waals surface area contributed by atoms with E-state index in [4.69, 9.17) is 17.3 Å². The highest BCUT2D eigenvalue weighted by Gasteiger charge is 2.41. The average molecular weight is 313 g/mol. The number of fused-ring (bicyclic) bond motifs is 1. The molecule has 4 unspecified atom stereocenters. The molecule has 1 aromatic heterocycles. The molecule has 0 spiro atoms. The summed E-state index contributed by atoms with van der Waals surface area (Å²) < 4.78 is 0.882. The zero-order valence-corrected chi connectivity index (χ0v) is 13.8. The molecule has 2 heterocycles. The Hall–Kier alpha value is -0.0900. The fourth-order valence-electron chi connectivity index (χ4n) is 4.12. The Morgan fingerprint density at radius 1 is 1.35 bits per heavy atom. The number of nitrogens with two attached hydrogens (primary N) is 1. The lowest BCUT2D eigenvalue weighted by molar-refractivity contribution is 0.116. The first-order chi connectivity index (χ1) is 9.70. The summed E-state index contributed by atoms with van der Waals surface area (Å²) in [6.07, 6.45) is 7.96. The third-order valence-electron chi connectivity index (χ3n) is 5.17. The summed E-state index contributed by atoms with van der Waals surface area (Å²) in [5, 5.41) is 0. The molecule has 4 heteroatoms. The Kier molecular flexibility index (Phi) is 4.71. The van der Waals surface area contributed by atoms with Crippen LogP contribution < -0.4 is 5.73 Å². The highest BCUT2D eigenvalue weighted by atomic mass is 35.5. The van der Waals surface area contributed by atoms with E-state index >= 15 is 0 Å². The van der Waals surface area contributed by atoms with Gasteiger partial charge in [0, 0.05) is 17.0 Å². The lowest BCUT2D eigenvalue weighted by Crippen LogP contribution is -2.44. The number of thiophene rings is 1. The maximum absolute atomic E-state index is 6.48. The van der Waals surface area contributed by atoms with Gasteiger partial charge in [-0.2, -0.15) is 0 Å². The first kappa shape index (κ1) is 14.8. The molecule has 20 heavy (non-hydrogen) atoms. The molecule has 1 aliphatic heterocycles. The zero-order valence-electron chi connectivity index (χ0n) is 12.2. The van der Waals surface area contributed by atoms with E-state index < -0.39 is 0 Å². The van der Waals surface area contributed by atoms with Crippen LogP contribution in [0.5, 0.6) is 0 Å². The second kappa shape index (κ2) is 6.35. The normalized spacial score (nSPS) is 30.1. The SMILES string of the molecule is CCC(N)C(c1ccc(Cl)s1)N1CCC2CCCCC21. The summed E-state index contributed by atoms with van der Waals surface area (Å²) in [6, 6.07) is 5.54. The summed E-state index contributed by atoms with van der Waals surface area (Å²) in [5.41, 5.74) is 6.48. The van der Waals surface area contributed by atoms with Crippen LogP contribution in [0.15, 0.2) is 12.1 Å². The van der Waals surface area contributed by atoms with Crippen LogP contribution in [-0.4, -0.2) is 23.5 Å². The van der Waals surface area contributed by atoms with Crippen molar-refractivity contribution in [3.63, 3.8) is 0 Å². The maximum atomic E-state index is 6.48. The standard InChI is InChI=1S/C16H25ClN2S/c1-2-12(18)16(14-7-8-15(17)20-14)19-10-9-11-5-3-4-6-13(11)19/h7-8,11-13,16H,2-6,9-10,18H2,1H3. The van der Waals surface area contributed by atoms with E-state index in [1.165, 1.54) is 43.5 Å². The predicted molar refractivity (Wildman–Crippen MR) is 87.4 cm³/mol. The minimum atomic E-state index is 0.213. The van der Waals surface area contributed by atoms with Crippen LogP contribution in [-0.2, 0) is 0 Å². The van der Waals surface area contributed by atoms with Gasteiger partial charge in [-0.1, -0.05) is 31.4 Å². The van der Waals surface area contributed by atoms with E-state index in [1.807, 2.05) is 6.07 Å². The van der Waals surface area contributed by atoms with E-state index in [1.54, 1.807) is 11.3 Å². The molecule has 1 saturated heterocycles. The van der Waals surface area contributed by atoms with Gasteiger partial charge in [-0.3, -0.25) is 4.90 Å². The van der Waals surface area contributed by atoms with Crippen molar-refractivity contribution >= 4 is 22.9 Å². The Bertz CT molecular complexity index is 447. The van der Waals surface area contributed by atoms with E-state index in [-0.39, 0.29) is 6.04 Å². The van der Waals surface area contributed by atoms with Crippen molar-refractivity contribution in [3.05, 3.63) is 21.3 Å². The molecule has 1 aromatic rings. The Labute approximate surface area is 131 Å². The topological polar surface area (TPSA) is 29.3 Å². The summed E-state index contributed by atoms with van der Waals surface area (Å²) in [6.45, 7) is 3.41. The quantitative estimate of drug-likeness (QED) is 0.890. The van der Waals surface area contributed by atoms with Crippen molar-refractivity contribution in [2.24, 2.45) is 11.7 Å². The van der Waals surface area contributed by atoms with Gasteiger partial charge >= 0.3 is 0 Å². The van der Waals surface area contributed by atoms with Gasteiger partial charge in [0.2, 0.25) is 0 Å². The Balaban J connectivity index is 1.85. The van der Waals surface area contributed by atoms with Crippen molar-refractivity contribution in [1.29, 1.82) is 0 Å². The van der Waals surface area contributed by atoms with E-state index in [0.717, 1.165) is 22.7 Å². The molecule has 1 saturated carbocycles. The minimum Gasteiger partial charge on any atom is -0.326 e. The molecule has 1 aliphatic carbocycles. The number of rotatable bonds is 4. The molecule has 0 aromatic carbocycles. The lowest BCUT2D eigenvalue weighted by Gasteiger charge is -2.39. The fraction of sp³-hybridized carbons (Fsp3) is 0.750. The van der Waals surface area contributed by atoms with E-state index in [9.17, 15) is 0 Å². The molecule has 0 bridgehead atoms. The molecular weight excluding hydrogens is 288 g/mol. The molecule has 3 rings (SSSR count). The molecule has 0 radical (unpaired) electrons. The third-order valence-corrected chi connectivity index (χ3v) is 6.47. The Morgan fingerprint density at radius 2 is 2.15 bits per heavy atom. The first-order valence-corrected chi connectivity index (χ1v) is 9.16. The van der Waals surface area contributed by atoms with Gasteiger partial charge in [0.15, 0.2) is 0 Å². The monoisotopic (exact) mass is 312 g/mol. The van der Waals surface area contributed by atoms with Gasteiger partial charge in [0.1, 0.15) is 0 Å². The van der Waals surface area contributed by atoms with Crippen molar-refractivity contribution in [3.8, 4) is 0 Å². The third kappa shape index (κ3) is 2.78. The maximum Gasteiger partial charge on any atom is 0.0931 e. The van der Waals surface area contributed by atoms with Gasteiger partial charge in [-0.05, 0) is 50.3 Å². The molecule has 4 atom stereocenters. The molecule has 0 amide bonds.